The van der Waals surface area contributed by atoms with Crippen molar-refractivity contribution in [1.29, 1.82) is 0 Å². The van der Waals surface area contributed by atoms with E-state index < -0.39 is 25.6 Å². The molecule has 1 unspecified atom stereocenters. The topological polar surface area (TPSA) is 146 Å². The molecule has 4 heterocycles. The summed E-state index contributed by atoms with van der Waals surface area (Å²) in [7, 11) is -3.48. The number of halogens is 1. The normalized spacial score (nSPS) is 18.0. The molecule has 0 radical (unpaired) electrons. The largest absolute Gasteiger partial charge is 0.466 e. The summed E-state index contributed by atoms with van der Waals surface area (Å²) in [5.74, 6) is 0.321. The van der Waals surface area contributed by atoms with E-state index in [0.29, 0.717) is 71.3 Å². The molecule has 15 heteroatoms. The first kappa shape index (κ1) is 46.5. The van der Waals surface area contributed by atoms with E-state index in [-0.39, 0.29) is 28.2 Å². The van der Waals surface area contributed by atoms with E-state index in [1.165, 1.54) is 17.3 Å². The molecule has 4 aliphatic heterocycles. The number of rotatable bonds is 9. The molecule has 61 heavy (non-hydrogen) atoms. The van der Waals surface area contributed by atoms with E-state index in [2.05, 4.69) is 22.6 Å². The van der Waals surface area contributed by atoms with Crippen LogP contribution in [0.2, 0.25) is 0 Å². The molecule has 8 rings (SSSR count). The van der Waals surface area contributed by atoms with Crippen molar-refractivity contribution in [3.8, 4) is 0 Å². The van der Waals surface area contributed by atoms with E-state index >= 15 is 0 Å². The fourth-order valence-electron chi connectivity index (χ4n) is 8.03. The summed E-state index contributed by atoms with van der Waals surface area (Å²) in [5.41, 5.74) is 3.95. The fraction of sp³-hybridized carbons (Fsp3) is 0.435. The van der Waals surface area contributed by atoms with Crippen LogP contribution in [0.3, 0.4) is 0 Å². The molecule has 4 aromatic carbocycles. The monoisotopic (exact) mass is 986 g/mol. The zero-order chi connectivity index (χ0) is 43.7. The number of carbonyl (C=O) groups excluding carboxylic acids is 2. The number of carbonyl (C=O) groups is 2. The number of sulfone groups is 2. The maximum absolute atomic E-state index is 13.1. The number of fused-ring (bicyclic) bond motifs is 4. The Morgan fingerprint density at radius 3 is 1.64 bits per heavy atom. The van der Waals surface area contributed by atoms with Crippen LogP contribution in [0, 0.1) is 11.8 Å². The van der Waals surface area contributed by atoms with Crippen LogP contribution >= 0.6 is 22.6 Å². The van der Waals surface area contributed by atoms with Crippen molar-refractivity contribution in [3.05, 3.63) is 96.1 Å². The number of alkyl halides is 1. The Morgan fingerprint density at radius 1 is 0.656 bits per heavy atom. The van der Waals surface area contributed by atoms with Gasteiger partial charge in [-0.15, -0.1) is 0 Å². The van der Waals surface area contributed by atoms with Gasteiger partial charge in [0, 0.05) is 45.0 Å². The summed E-state index contributed by atoms with van der Waals surface area (Å²) in [6.07, 6.45) is 5.20. The molecular weight excluding hydrogens is 932 g/mol. The highest BCUT2D eigenvalue weighted by Gasteiger charge is 2.35. The molecule has 0 aliphatic carbocycles. The predicted molar refractivity (Wildman–Crippen MR) is 243 cm³/mol. The highest BCUT2D eigenvalue weighted by molar-refractivity contribution is 14.1. The minimum Gasteiger partial charge on any atom is -0.466 e. The van der Waals surface area contributed by atoms with Gasteiger partial charge >= 0.3 is 11.9 Å². The fourth-order valence-corrected chi connectivity index (χ4v) is 12.3. The molecule has 0 bridgehead atoms. The third-order valence-electron chi connectivity index (χ3n) is 11.4. The van der Waals surface area contributed by atoms with E-state index in [0.717, 1.165) is 43.1 Å². The number of hydrogen-bond donors (Lipinski definition) is 0. The summed E-state index contributed by atoms with van der Waals surface area (Å²) >= 11 is 2.45. The molecule has 0 spiro atoms. The Bertz CT molecular complexity index is 2400. The van der Waals surface area contributed by atoms with Crippen LogP contribution in [0.25, 0.3) is 0 Å². The van der Waals surface area contributed by atoms with Gasteiger partial charge in [-0.3, -0.25) is 9.59 Å². The molecule has 0 N–H and O–H groups in total. The van der Waals surface area contributed by atoms with Crippen molar-refractivity contribution in [1.82, 2.24) is 0 Å². The molecule has 0 amide bonds. The maximum Gasteiger partial charge on any atom is 0.313 e. The molecule has 2 fully saturated rings. The predicted octanol–water partition coefficient (Wildman–Crippen LogP) is 8.62. The zero-order valence-electron chi connectivity index (χ0n) is 35.2. The molecule has 0 saturated carbocycles. The van der Waals surface area contributed by atoms with Gasteiger partial charge in [0.15, 0.2) is 0 Å². The summed E-state index contributed by atoms with van der Waals surface area (Å²) < 4.78 is 74.1. The summed E-state index contributed by atoms with van der Waals surface area (Å²) in [6, 6.07) is 24.1. The van der Waals surface area contributed by atoms with Crippen molar-refractivity contribution in [2.24, 2.45) is 11.8 Å². The number of anilines is 4. The molecule has 1 atom stereocenters. The molecule has 328 valence electrons. The van der Waals surface area contributed by atoms with E-state index in [1.54, 1.807) is 86.6 Å². The van der Waals surface area contributed by atoms with E-state index in [9.17, 15) is 26.4 Å². The Morgan fingerprint density at radius 2 is 1.13 bits per heavy atom. The molecular formula is C46H55IN2O10S2. The SMILES string of the molecule is CCOC(=O)C(CC1CCOCC1)c1ccc2c(c1)N(C)c1ccccc1S2(=O)=O.CCOC(=O)Cc1ccc2c(c1)N(C)c1ccccc1S2(=O)=O.ICC1CCOCC1. The summed E-state index contributed by atoms with van der Waals surface area (Å²) in [5, 5.41) is 0. The van der Waals surface area contributed by atoms with Gasteiger partial charge in [-0.05, 0) is 117 Å². The van der Waals surface area contributed by atoms with Crippen LogP contribution in [0.15, 0.2) is 105 Å². The van der Waals surface area contributed by atoms with Crippen LogP contribution < -0.4 is 9.80 Å². The third kappa shape index (κ3) is 10.6. The minimum atomic E-state index is -3.61. The number of ether oxygens (including phenoxy) is 4. The number of esters is 2. The molecule has 12 nitrogen and oxygen atoms in total. The number of hydrogen-bond acceptors (Lipinski definition) is 12. The first-order valence-electron chi connectivity index (χ1n) is 20.8. The second-order valence-corrected chi connectivity index (χ2v) is 20.0. The maximum atomic E-state index is 13.1. The number of benzene rings is 4. The lowest BCUT2D eigenvalue weighted by molar-refractivity contribution is -0.145. The van der Waals surface area contributed by atoms with Crippen LogP contribution in [-0.2, 0) is 54.6 Å². The number of nitrogens with zero attached hydrogens (tertiary/aromatic N) is 2. The average Bonchev–Trinajstić information content (AvgIpc) is 3.28. The van der Waals surface area contributed by atoms with Gasteiger partial charge in [-0.2, -0.15) is 0 Å². The lowest BCUT2D eigenvalue weighted by Gasteiger charge is -2.31. The van der Waals surface area contributed by atoms with Gasteiger partial charge in [-0.25, -0.2) is 16.8 Å². The second kappa shape index (κ2) is 20.9. The van der Waals surface area contributed by atoms with Gasteiger partial charge in [-0.1, -0.05) is 59.0 Å². The highest BCUT2D eigenvalue weighted by Crippen LogP contribution is 2.45. The van der Waals surface area contributed by atoms with Crippen molar-refractivity contribution in [3.63, 3.8) is 0 Å². The quantitative estimate of drug-likeness (QED) is 0.0900. The van der Waals surface area contributed by atoms with Crippen molar-refractivity contribution >= 4 is 77.0 Å². The van der Waals surface area contributed by atoms with Crippen LogP contribution in [0.4, 0.5) is 22.7 Å². The lowest BCUT2D eigenvalue weighted by Crippen LogP contribution is -2.25. The van der Waals surface area contributed by atoms with E-state index in [4.69, 9.17) is 18.9 Å². The molecule has 4 aliphatic rings. The summed E-state index contributed by atoms with van der Waals surface area (Å²) in [4.78, 5) is 29.3. The van der Waals surface area contributed by atoms with Gasteiger partial charge in [0.2, 0.25) is 19.7 Å². The van der Waals surface area contributed by atoms with Gasteiger partial charge in [0.1, 0.15) is 0 Å². The summed E-state index contributed by atoms with van der Waals surface area (Å²) in [6.45, 7) is 7.60. The Kier molecular flexibility index (Phi) is 15.9. The van der Waals surface area contributed by atoms with Crippen LogP contribution in [0.1, 0.15) is 63.0 Å². The van der Waals surface area contributed by atoms with Crippen molar-refractivity contribution in [2.45, 2.75) is 77.9 Å². The average molecular weight is 987 g/mol. The van der Waals surface area contributed by atoms with E-state index in [1.807, 2.05) is 36.0 Å². The van der Waals surface area contributed by atoms with Crippen molar-refractivity contribution < 1.29 is 45.4 Å². The molecule has 2 saturated heterocycles. The first-order chi connectivity index (χ1) is 29.3. The van der Waals surface area contributed by atoms with Crippen molar-refractivity contribution in [2.75, 3.05) is 68.0 Å². The number of para-hydroxylation sites is 2. The first-order valence-corrected chi connectivity index (χ1v) is 25.3. The van der Waals surface area contributed by atoms with Crippen LogP contribution in [-0.4, -0.2) is 86.9 Å². The molecule has 0 aromatic heterocycles. The van der Waals surface area contributed by atoms with Gasteiger partial charge in [0.05, 0.1) is 67.9 Å². The second-order valence-electron chi connectivity index (χ2n) is 15.4. The smallest absolute Gasteiger partial charge is 0.313 e. The highest BCUT2D eigenvalue weighted by atomic mass is 127. The zero-order valence-corrected chi connectivity index (χ0v) is 39.0. The Labute approximate surface area is 373 Å². The van der Waals surface area contributed by atoms with Crippen LogP contribution in [0.5, 0.6) is 0 Å². The minimum absolute atomic E-state index is 0.122. The molecule has 4 aromatic rings. The Hall–Kier alpha value is -4.03. The van der Waals surface area contributed by atoms with Gasteiger partial charge < -0.3 is 28.7 Å². The third-order valence-corrected chi connectivity index (χ3v) is 16.4. The van der Waals surface area contributed by atoms with Gasteiger partial charge in [0.25, 0.3) is 0 Å². The Balaban J connectivity index is 0.000000177. The lowest BCUT2D eigenvalue weighted by atomic mass is 9.85. The standard InChI is InChI=1S/C23H27NO5S.C17H17NO4S.C6H11IO/c1-3-29-23(25)18(14-16-10-12-28-13-11-16)17-8-9-22-20(15-17)24(2)19-6-4-5-7-21(19)30(22,26)27;1-3-22-17(19)11-12-8-9-16-14(10-12)18(2)13-6-4-5-7-15(13)23(16,20)21;7-5-6-1-3-8-4-2-6/h4-9,15-16,18H,3,10-14H2,1-2H3;4-10H,3,11H2,1-2H3;6H,1-5H2.